The minimum atomic E-state index is -0.116. The van der Waals surface area contributed by atoms with Gasteiger partial charge in [-0.2, -0.15) is 0 Å². The Morgan fingerprint density at radius 2 is 1.62 bits per heavy atom. The molecule has 2 aromatic carbocycles. The number of carbonyl (C=O) groups excluding carboxylic acids is 2. The lowest BCUT2D eigenvalue weighted by Gasteiger charge is -2.08. The Bertz CT molecular complexity index is 772. The van der Waals surface area contributed by atoms with Crippen molar-refractivity contribution in [3.8, 4) is 0 Å². The van der Waals surface area contributed by atoms with Gasteiger partial charge in [-0.25, -0.2) is 0 Å². The summed E-state index contributed by atoms with van der Waals surface area (Å²) in [5.41, 5.74) is 6.40. The largest absolute Gasteiger partial charge is 0.326 e. The van der Waals surface area contributed by atoms with E-state index in [-0.39, 0.29) is 24.5 Å². The van der Waals surface area contributed by atoms with Crippen molar-refractivity contribution < 1.29 is 9.59 Å². The van der Waals surface area contributed by atoms with Crippen molar-refractivity contribution in [2.24, 2.45) is 0 Å². The molecule has 1 N–H and O–H groups in total. The molecule has 3 rings (SSSR count). The maximum absolute atomic E-state index is 12.3. The molecule has 2 aromatic rings. The molecular weight excluding hydrogens is 298 g/mol. The molecule has 1 aliphatic carbocycles. The zero-order valence-corrected chi connectivity index (χ0v) is 14.3. The molecule has 0 aromatic heterocycles. The number of aryl methyl sites for hydroxylation is 4. The van der Waals surface area contributed by atoms with E-state index in [0.29, 0.717) is 0 Å². The number of fused-ring (bicyclic) bond motifs is 1. The van der Waals surface area contributed by atoms with E-state index in [2.05, 4.69) is 17.4 Å². The Balaban J connectivity index is 1.56. The second-order valence-corrected chi connectivity index (χ2v) is 6.68. The van der Waals surface area contributed by atoms with Crippen molar-refractivity contribution in [3.63, 3.8) is 0 Å². The van der Waals surface area contributed by atoms with Crippen LogP contribution in [0.1, 0.15) is 51.9 Å². The fourth-order valence-electron chi connectivity index (χ4n) is 3.39. The highest BCUT2D eigenvalue weighted by molar-refractivity contribution is 6.00. The summed E-state index contributed by atoms with van der Waals surface area (Å²) < 4.78 is 0. The quantitative estimate of drug-likeness (QED) is 0.830. The van der Waals surface area contributed by atoms with E-state index in [4.69, 9.17) is 0 Å². The molecule has 1 amide bonds. The molecule has 1 aliphatic rings. The summed E-state index contributed by atoms with van der Waals surface area (Å²) in [6.07, 6.45) is 3.80. The van der Waals surface area contributed by atoms with Gasteiger partial charge in [-0.1, -0.05) is 18.2 Å². The molecule has 0 spiro atoms. The van der Waals surface area contributed by atoms with Crippen LogP contribution in [0.3, 0.4) is 0 Å². The number of Topliss-reactive ketones (excluding diaryl/α,β-unsaturated/α-hetero) is 1. The molecule has 0 atom stereocenters. The molecule has 0 fully saturated rings. The molecular formula is C21H23NO2. The summed E-state index contributed by atoms with van der Waals surface area (Å²) in [6, 6.07) is 11.9. The first-order valence-electron chi connectivity index (χ1n) is 8.54. The summed E-state index contributed by atoms with van der Waals surface area (Å²) in [5.74, 6) is -0.0743. The molecule has 0 saturated heterocycles. The zero-order chi connectivity index (χ0) is 17.1. The third-order valence-corrected chi connectivity index (χ3v) is 4.51. The predicted octanol–water partition coefficient (Wildman–Crippen LogP) is 4.39. The van der Waals surface area contributed by atoms with Crippen molar-refractivity contribution in [1.29, 1.82) is 0 Å². The second kappa shape index (κ2) is 7.00. The molecule has 0 radical (unpaired) electrons. The van der Waals surface area contributed by atoms with Crippen LogP contribution in [0.4, 0.5) is 5.69 Å². The number of hydrogen-bond acceptors (Lipinski definition) is 2. The zero-order valence-electron chi connectivity index (χ0n) is 14.3. The van der Waals surface area contributed by atoms with Crippen LogP contribution in [0.2, 0.25) is 0 Å². The topological polar surface area (TPSA) is 46.2 Å². The van der Waals surface area contributed by atoms with Crippen LogP contribution in [0, 0.1) is 13.8 Å². The number of amides is 1. The Hall–Kier alpha value is -2.42. The van der Waals surface area contributed by atoms with Crippen LogP contribution in [0.5, 0.6) is 0 Å². The Morgan fingerprint density at radius 1 is 0.917 bits per heavy atom. The van der Waals surface area contributed by atoms with Gasteiger partial charge in [0.2, 0.25) is 5.91 Å². The fourth-order valence-corrected chi connectivity index (χ4v) is 3.39. The van der Waals surface area contributed by atoms with Crippen LogP contribution in [0.25, 0.3) is 0 Å². The van der Waals surface area contributed by atoms with E-state index in [1.54, 1.807) is 0 Å². The maximum Gasteiger partial charge on any atom is 0.224 e. The van der Waals surface area contributed by atoms with Gasteiger partial charge < -0.3 is 5.32 Å². The summed E-state index contributed by atoms with van der Waals surface area (Å²) in [5, 5.41) is 2.88. The van der Waals surface area contributed by atoms with Gasteiger partial charge in [0.05, 0.1) is 0 Å². The molecule has 0 unspecified atom stereocenters. The summed E-state index contributed by atoms with van der Waals surface area (Å²) in [6.45, 7) is 4.00. The summed E-state index contributed by atoms with van der Waals surface area (Å²) in [7, 11) is 0. The van der Waals surface area contributed by atoms with Crippen molar-refractivity contribution >= 4 is 17.4 Å². The molecule has 0 aliphatic heterocycles. The summed E-state index contributed by atoms with van der Waals surface area (Å²) in [4.78, 5) is 24.4. The average molecular weight is 321 g/mol. The first-order valence-corrected chi connectivity index (χ1v) is 8.54. The van der Waals surface area contributed by atoms with E-state index < -0.39 is 0 Å². The normalized spacial score (nSPS) is 12.8. The smallest absolute Gasteiger partial charge is 0.224 e. The predicted molar refractivity (Wildman–Crippen MR) is 96.6 cm³/mol. The van der Waals surface area contributed by atoms with E-state index in [9.17, 15) is 9.59 Å². The molecule has 3 nitrogen and oxygen atoms in total. The van der Waals surface area contributed by atoms with Gasteiger partial charge in [-0.3, -0.25) is 9.59 Å². The summed E-state index contributed by atoms with van der Waals surface area (Å²) >= 11 is 0. The molecule has 0 heterocycles. The highest BCUT2D eigenvalue weighted by Crippen LogP contribution is 2.23. The van der Waals surface area contributed by atoms with Gasteiger partial charge in [0, 0.05) is 24.1 Å². The number of anilines is 1. The van der Waals surface area contributed by atoms with E-state index in [1.165, 1.54) is 17.5 Å². The second-order valence-electron chi connectivity index (χ2n) is 6.68. The van der Waals surface area contributed by atoms with Gasteiger partial charge in [0.25, 0.3) is 0 Å². The molecule has 0 saturated carbocycles. The van der Waals surface area contributed by atoms with Gasteiger partial charge in [-0.15, -0.1) is 0 Å². The van der Waals surface area contributed by atoms with E-state index >= 15 is 0 Å². The lowest BCUT2D eigenvalue weighted by molar-refractivity contribution is -0.116. The maximum atomic E-state index is 12.3. The highest BCUT2D eigenvalue weighted by Gasteiger charge is 2.15. The van der Waals surface area contributed by atoms with Gasteiger partial charge in [-0.05, 0) is 73.6 Å². The van der Waals surface area contributed by atoms with Gasteiger partial charge in [0.15, 0.2) is 5.78 Å². The molecule has 24 heavy (non-hydrogen) atoms. The Kier molecular flexibility index (Phi) is 4.79. The van der Waals surface area contributed by atoms with Crippen molar-refractivity contribution in [2.45, 2.75) is 46.0 Å². The number of carbonyl (C=O) groups is 2. The van der Waals surface area contributed by atoms with Crippen molar-refractivity contribution in [2.75, 3.05) is 5.32 Å². The minimum Gasteiger partial charge on any atom is -0.326 e. The average Bonchev–Trinajstić information content (AvgIpc) is 2.99. The van der Waals surface area contributed by atoms with Crippen molar-refractivity contribution in [1.82, 2.24) is 0 Å². The fraction of sp³-hybridized carbons (Fsp3) is 0.333. The molecule has 124 valence electrons. The number of nitrogens with one attached hydrogen (secondary N) is 1. The number of rotatable bonds is 5. The van der Waals surface area contributed by atoms with Gasteiger partial charge in [0.1, 0.15) is 0 Å². The lowest BCUT2D eigenvalue weighted by Crippen LogP contribution is -2.13. The lowest BCUT2D eigenvalue weighted by atomic mass is 10.0. The van der Waals surface area contributed by atoms with Gasteiger partial charge >= 0.3 is 0 Å². The first kappa shape index (κ1) is 16.4. The number of ketones is 1. The van der Waals surface area contributed by atoms with Crippen LogP contribution in [0.15, 0.2) is 36.4 Å². The molecule has 3 heteroatoms. The SMILES string of the molecule is Cc1cc(C)cc(NC(=O)CCC(=O)c2ccc3c(c2)CCC3)c1. The minimum absolute atomic E-state index is 0.0419. The van der Waals surface area contributed by atoms with Crippen LogP contribution in [-0.4, -0.2) is 11.7 Å². The monoisotopic (exact) mass is 321 g/mol. The van der Waals surface area contributed by atoms with E-state index in [0.717, 1.165) is 35.2 Å². The number of benzene rings is 2. The van der Waals surface area contributed by atoms with Crippen LogP contribution >= 0.6 is 0 Å². The Labute approximate surface area is 143 Å². The third kappa shape index (κ3) is 3.91. The Morgan fingerprint density at radius 3 is 2.38 bits per heavy atom. The highest BCUT2D eigenvalue weighted by atomic mass is 16.2. The molecule has 0 bridgehead atoms. The number of hydrogen-bond donors (Lipinski definition) is 1. The first-order chi connectivity index (χ1) is 11.5. The standard InChI is InChI=1S/C21H23NO2/c1-14-10-15(2)12-19(11-14)22-21(24)9-8-20(23)18-7-6-16-4-3-5-17(16)13-18/h6-7,10-13H,3-5,8-9H2,1-2H3,(H,22,24). The van der Waals surface area contributed by atoms with E-state index in [1.807, 2.05) is 38.1 Å². The third-order valence-electron chi connectivity index (χ3n) is 4.51. The van der Waals surface area contributed by atoms with Crippen molar-refractivity contribution in [3.05, 3.63) is 64.2 Å². The van der Waals surface area contributed by atoms with Crippen LogP contribution in [-0.2, 0) is 17.6 Å². The van der Waals surface area contributed by atoms with Crippen LogP contribution < -0.4 is 5.32 Å².